The van der Waals surface area contributed by atoms with Crippen LogP contribution in [0.5, 0.6) is 5.88 Å². The van der Waals surface area contributed by atoms with Crippen LogP contribution >= 0.6 is 11.6 Å². The van der Waals surface area contributed by atoms with Crippen molar-refractivity contribution in [3.63, 3.8) is 0 Å². The van der Waals surface area contributed by atoms with E-state index in [2.05, 4.69) is 9.97 Å². The highest BCUT2D eigenvalue weighted by molar-refractivity contribution is 6.29. The predicted octanol–water partition coefficient (Wildman–Crippen LogP) is 1.87. The fourth-order valence-corrected chi connectivity index (χ4v) is 1.41. The lowest BCUT2D eigenvalue weighted by atomic mass is 10.5. The fourth-order valence-electron chi connectivity index (χ4n) is 1.19. The lowest BCUT2D eigenvalue weighted by Gasteiger charge is -2.07. The van der Waals surface area contributed by atoms with Crippen LogP contribution in [0.3, 0.4) is 0 Å². The standard InChI is InChI=1S/C11H17ClN2O3/c1-9-13-10(12)8-11(14-9)17-7-6-16-5-3-4-15-2/h8H,3-7H2,1-2H3. The molecule has 1 aromatic rings. The van der Waals surface area contributed by atoms with Crippen molar-refractivity contribution in [2.45, 2.75) is 13.3 Å². The van der Waals surface area contributed by atoms with Gasteiger partial charge in [0.25, 0.3) is 0 Å². The summed E-state index contributed by atoms with van der Waals surface area (Å²) in [4.78, 5) is 8.03. The Morgan fingerprint density at radius 1 is 1.18 bits per heavy atom. The van der Waals surface area contributed by atoms with E-state index in [1.54, 1.807) is 20.1 Å². The van der Waals surface area contributed by atoms with Crippen LogP contribution < -0.4 is 4.74 Å². The first-order valence-electron chi connectivity index (χ1n) is 5.43. The molecule has 0 spiro atoms. The van der Waals surface area contributed by atoms with Crippen LogP contribution in [0, 0.1) is 6.92 Å². The Bertz CT molecular complexity index is 316. The molecule has 5 nitrogen and oxygen atoms in total. The molecule has 6 heteroatoms. The summed E-state index contributed by atoms with van der Waals surface area (Å²) in [5, 5.41) is 0.383. The number of nitrogens with zero attached hydrogens (tertiary/aromatic N) is 2. The smallest absolute Gasteiger partial charge is 0.218 e. The minimum absolute atomic E-state index is 0.383. The first-order chi connectivity index (χ1) is 8.22. The molecule has 0 saturated carbocycles. The first-order valence-corrected chi connectivity index (χ1v) is 5.81. The number of methoxy groups -OCH3 is 1. The number of rotatable bonds is 8. The second kappa shape index (κ2) is 8.22. The van der Waals surface area contributed by atoms with Gasteiger partial charge < -0.3 is 14.2 Å². The summed E-state index contributed by atoms with van der Waals surface area (Å²) in [6.07, 6.45) is 0.884. The van der Waals surface area contributed by atoms with Gasteiger partial charge >= 0.3 is 0 Å². The molecule has 0 radical (unpaired) electrons. The van der Waals surface area contributed by atoms with Gasteiger partial charge in [0.1, 0.15) is 17.6 Å². The SMILES string of the molecule is COCCCOCCOc1cc(Cl)nc(C)n1. The summed E-state index contributed by atoms with van der Waals surface area (Å²) in [6.45, 7) is 4.10. The summed E-state index contributed by atoms with van der Waals surface area (Å²) in [7, 11) is 1.67. The number of ether oxygens (including phenoxy) is 3. The first kappa shape index (κ1) is 14.2. The third-order valence-corrected chi connectivity index (χ3v) is 2.09. The van der Waals surface area contributed by atoms with E-state index in [0.29, 0.717) is 43.3 Å². The van der Waals surface area contributed by atoms with E-state index in [0.717, 1.165) is 6.42 Å². The van der Waals surface area contributed by atoms with Crippen molar-refractivity contribution < 1.29 is 14.2 Å². The van der Waals surface area contributed by atoms with Gasteiger partial charge in [0.2, 0.25) is 5.88 Å². The third kappa shape index (κ3) is 6.41. The van der Waals surface area contributed by atoms with E-state index >= 15 is 0 Å². The average molecular weight is 261 g/mol. The zero-order valence-corrected chi connectivity index (χ0v) is 10.9. The molecule has 0 saturated heterocycles. The molecule has 17 heavy (non-hydrogen) atoms. The van der Waals surface area contributed by atoms with Crippen LogP contribution in [0.15, 0.2) is 6.07 Å². The van der Waals surface area contributed by atoms with Crippen LogP contribution in [0.1, 0.15) is 12.2 Å². The van der Waals surface area contributed by atoms with Gasteiger partial charge in [0, 0.05) is 26.4 Å². The van der Waals surface area contributed by atoms with Crippen LogP contribution in [0.25, 0.3) is 0 Å². The zero-order chi connectivity index (χ0) is 12.5. The molecule has 0 aliphatic rings. The van der Waals surface area contributed by atoms with Crippen molar-refractivity contribution in [1.82, 2.24) is 9.97 Å². The Labute approximate surface area is 106 Å². The van der Waals surface area contributed by atoms with E-state index < -0.39 is 0 Å². The van der Waals surface area contributed by atoms with Crippen molar-refractivity contribution in [2.75, 3.05) is 33.5 Å². The molecular formula is C11H17ClN2O3. The molecule has 0 aromatic carbocycles. The molecule has 0 aliphatic carbocycles. The normalized spacial score (nSPS) is 10.5. The Morgan fingerprint density at radius 3 is 2.71 bits per heavy atom. The Morgan fingerprint density at radius 2 is 2.00 bits per heavy atom. The fraction of sp³-hybridized carbons (Fsp3) is 0.636. The van der Waals surface area contributed by atoms with Crippen molar-refractivity contribution in [1.29, 1.82) is 0 Å². The van der Waals surface area contributed by atoms with Crippen LogP contribution in [0.2, 0.25) is 5.15 Å². The maximum absolute atomic E-state index is 5.77. The Kier molecular flexibility index (Phi) is 6.84. The van der Waals surface area contributed by atoms with Gasteiger partial charge in [-0.3, -0.25) is 0 Å². The topological polar surface area (TPSA) is 53.5 Å². The Balaban J connectivity index is 2.13. The molecule has 0 N–H and O–H groups in total. The van der Waals surface area contributed by atoms with Crippen LogP contribution in [-0.4, -0.2) is 43.5 Å². The second-order valence-corrected chi connectivity index (χ2v) is 3.77. The predicted molar refractivity (Wildman–Crippen MR) is 64.6 cm³/mol. The van der Waals surface area contributed by atoms with Gasteiger partial charge in [-0.05, 0) is 13.3 Å². The highest BCUT2D eigenvalue weighted by atomic mass is 35.5. The van der Waals surface area contributed by atoms with Gasteiger partial charge in [-0.2, -0.15) is 4.98 Å². The van der Waals surface area contributed by atoms with Gasteiger partial charge in [-0.1, -0.05) is 11.6 Å². The highest BCUT2D eigenvalue weighted by Crippen LogP contribution is 2.12. The van der Waals surface area contributed by atoms with Gasteiger partial charge in [0.15, 0.2) is 0 Å². The molecule has 0 unspecified atom stereocenters. The van der Waals surface area contributed by atoms with Gasteiger partial charge in [0.05, 0.1) is 6.61 Å². The van der Waals surface area contributed by atoms with E-state index in [1.165, 1.54) is 0 Å². The zero-order valence-electron chi connectivity index (χ0n) is 10.1. The monoisotopic (exact) mass is 260 g/mol. The minimum Gasteiger partial charge on any atom is -0.475 e. The summed E-state index contributed by atoms with van der Waals surface area (Å²) in [5.74, 6) is 1.07. The molecular weight excluding hydrogens is 244 g/mol. The maximum Gasteiger partial charge on any atom is 0.218 e. The van der Waals surface area contributed by atoms with E-state index in [4.69, 9.17) is 25.8 Å². The number of aryl methyl sites for hydroxylation is 1. The average Bonchev–Trinajstić information content (AvgIpc) is 2.26. The van der Waals surface area contributed by atoms with Gasteiger partial charge in [-0.25, -0.2) is 4.98 Å². The van der Waals surface area contributed by atoms with E-state index in [1.807, 2.05) is 0 Å². The molecule has 0 atom stereocenters. The number of hydrogen-bond donors (Lipinski definition) is 0. The summed E-state index contributed by atoms with van der Waals surface area (Å²) in [6, 6.07) is 1.58. The molecule has 1 aromatic heterocycles. The molecule has 1 rings (SSSR count). The largest absolute Gasteiger partial charge is 0.475 e. The minimum atomic E-state index is 0.383. The number of hydrogen-bond acceptors (Lipinski definition) is 5. The van der Waals surface area contributed by atoms with Gasteiger partial charge in [-0.15, -0.1) is 0 Å². The lowest BCUT2D eigenvalue weighted by Crippen LogP contribution is -2.09. The molecule has 0 aliphatic heterocycles. The Hall–Kier alpha value is -0.910. The number of aromatic nitrogens is 2. The molecule has 0 fully saturated rings. The van der Waals surface area contributed by atoms with Crippen LogP contribution in [-0.2, 0) is 9.47 Å². The van der Waals surface area contributed by atoms with Crippen molar-refractivity contribution in [3.8, 4) is 5.88 Å². The molecule has 0 amide bonds. The highest BCUT2D eigenvalue weighted by Gasteiger charge is 2.00. The maximum atomic E-state index is 5.77. The van der Waals surface area contributed by atoms with Crippen molar-refractivity contribution in [3.05, 3.63) is 17.0 Å². The summed E-state index contributed by atoms with van der Waals surface area (Å²) in [5.41, 5.74) is 0. The summed E-state index contributed by atoms with van der Waals surface area (Å²) >= 11 is 5.77. The van der Waals surface area contributed by atoms with Crippen molar-refractivity contribution >= 4 is 11.6 Å². The lowest BCUT2D eigenvalue weighted by molar-refractivity contribution is 0.0795. The molecule has 1 heterocycles. The molecule has 96 valence electrons. The van der Waals surface area contributed by atoms with E-state index in [-0.39, 0.29) is 0 Å². The second-order valence-electron chi connectivity index (χ2n) is 3.38. The quantitative estimate of drug-likeness (QED) is 0.528. The number of halogens is 1. The molecule has 0 bridgehead atoms. The summed E-state index contributed by atoms with van der Waals surface area (Å²) < 4.78 is 15.6. The third-order valence-electron chi connectivity index (χ3n) is 1.90. The van der Waals surface area contributed by atoms with Crippen molar-refractivity contribution in [2.24, 2.45) is 0 Å². The van der Waals surface area contributed by atoms with Crippen LogP contribution in [0.4, 0.5) is 0 Å². The van der Waals surface area contributed by atoms with E-state index in [9.17, 15) is 0 Å².